The molecule has 0 aliphatic heterocycles. The zero-order valence-corrected chi connectivity index (χ0v) is 16.5. The van der Waals surface area contributed by atoms with Crippen LogP contribution in [0.5, 0.6) is 5.75 Å². The maximum Gasteiger partial charge on any atom is 0.281 e. The van der Waals surface area contributed by atoms with Crippen molar-refractivity contribution in [2.75, 3.05) is 12.0 Å². The molecule has 0 aliphatic carbocycles. The minimum absolute atomic E-state index is 0.214. The summed E-state index contributed by atoms with van der Waals surface area (Å²) in [4.78, 5) is 29.8. The number of carbonyl (C=O) groups is 1. The van der Waals surface area contributed by atoms with Crippen LogP contribution in [0.2, 0.25) is 15.1 Å². The highest BCUT2D eigenvalue weighted by atomic mass is 35.5. The molecule has 0 radical (unpaired) electrons. The predicted molar refractivity (Wildman–Crippen MR) is 105 cm³/mol. The molecular formula is C16H12Cl3N3O3S. The van der Waals surface area contributed by atoms with E-state index in [4.69, 9.17) is 39.5 Å². The predicted octanol–water partition coefficient (Wildman–Crippen LogP) is 4.13. The third kappa shape index (κ3) is 3.81. The van der Waals surface area contributed by atoms with Gasteiger partial charge in [0.25, 0.3) is 11.5 Å². The van der Waals surface area contributed by atoms with Crippen LogP contribution in [0, 0.1) is 0 Å². The summed E-state index contributed by atoms with van der Waals surface area (Å²) in [7, 11) is 0. The summed E-state index contributed by atoms with van der Waals surface area (Å²) in [6.07, 6.45) is 0.475. The molecule has 136 valence electrons. The third-order valence-electron chi connectivity index (χ3n) is 3.45. The minimum atomic E-state index is -0.541. The van der Waals surface area contributed by atoms with Crippen LogP contribution in [-0.4, -0.2) is 22.2 Å². The number of amides is 1. The molecule has 6 nitrogen and oxygen atoms in total. The first-order valence-corrected chi connectivity index (χ1v) is 9.48. The summed E-state index contributed by atoms with van der Waals surface area (Å²) >= 11 is 19.1. The van der Waals surface area contributed by atoms with Gasteiger partial charge < -0.3 is 4.74 Å². The fourth-order valence-electron chi connectivity index (χ4n) is 2.22. The minimum Gasteiger partial charge on any atom is -0.482 e. The Morgan fingerprint density at radius 3 is 2.73 bits per heavy atom. The molecule has 0 spiro atoms. The van der Waals surface area contributed by atoms with E-state index in [1.807, 2.05) is 6.92 Å². The second-order valence-corrected chi connectivity index (χ2v) is 7.30. The highest BCUT2D eigenvalue weighted by Gasteiger charge is 2.14. The van der Waals surface area contributed by atoms with Crippen LogP contribution in [0.3, 0.4) is 0 Å². The van der Waals surface area contributed by atoms with E-state index >= 15 is 0 Å². The van der Waals surface area contributed by atoms with E-state index in [2.05, 4.69) is 10.4 Å². The number of aromatic nitrogens is 2. The molecule has 3 rings (SSSR count). The van der Waals surface area contributed by atoms with E-state index in [9.17, 15) is 9.59 Å². The molecule has 0 saturated heterocycles. The number of nitrogens with one attached hydrogen (secondary N) is 1. The molecule has 0 bridgehead atoms. The van der Waals surface area contributed by atoms with Crippen LogP contribution >= 0.6 is 46.1 Å². The third-order valence-corrected chi connectivity index (χ3v) is 5.28. The summed E-state index contributed by atoms with van der Waals surface area (Å²) in [6.45, 7) is 1.48. The number of carbonyl (C=O) groups excluding carboxylic acids is 1. The van der Waals surface area contributed by atoms with E-state index in [0.717, 1.165) is 4.68 Å². The first-order valence-electron chi connectivity index (χ1n) is 7.47. The van der Waals surface area contributed by atoms with Gasteiger partial charge in [0.05, 0.1) is 20.5 Å². The van der Waals surface area contributed by atoms with Gasteiger partial charge in [0.1, 0.15) is 16.4 Å². The second kappa shape index (κ2) is 7.84. The number of rotatable bonds is 5. The van der Waals surface area contributed by atoms with Gasteiger partial charge in [-0.25, -0.2) is 9.66 Å². The van der Waals surface area contributed by atoms with E-state index in [-0.39, 0.29) is 33.0 Å². The van der Waals surface area contributed by atoms with Crippen LogP contribution in [-0.2, 0) is 11.2 Å². The number of aryl methyl sites for hydroxylation is 1. The molecule has 2 heterocycles. The van der Waals surface area contributed by atoms with Crippen molar-refractivity contribution < 1.29 is 9.53 Å². The highest BCUT2D eigenvalue weighted by molar-refractivity contribution is 7.16. The maximum absolute atomic E-state index is 12.5. The van der Waals surface area contributed by atoms with Crippen molar-refractivity contribution in [2.45, 2.75) is 13.3 Å². The summed E-state index contributed by atoms with van der Waals surface area (Å²) in [5.41, 5.74) is 2.17. The highest BCUT2D eigenvalue weighted by Crippen LogP contribution is 2.33. The molecule has 1 N–H and O–H groups in total. The first-order chi connectivity index (χ1) is 12.4. The molecule has 0 fully saturated rings. The Balaban J connectivity index is 1.78. The number of fused-ring (bicyclic) bond motifs is 1. The lowest BCUT2D eigenvalue weighted by atomic mass is 10.3. The Kier molecular flexibility index (Phi) is 5.72. The van der Waals surface area contributed by atoms with E-state index in [1.165, 1.54) is 23.5 Å². The summed E-state index contributed by atoms with van der Waals surface area (Å²) in [5.74, 6) is 0.122. The maximum atomic E-state index is 12.5. The Morgan fingerprint density at radius 2 is 2.00 bits per heavy atom. The standard InChI is InChI=1S/C16H12Cl3N3O3S/c1-2-13-20-15-8(3-4-26-15)16(24)22(13)21-14(23)7-25-12-6-10(18)9(17)5-11(12)19/h3-6H,2,7H2,1H3,(H,21,23). The van der Waals surface area contributed by atoms with Crippen LogP contribution < -0.4 is 15.7 Å². The molecule has 0 saturated carbocycles. The lowest BCUT2D eigenvalue weighted by Gasteiger charge is -2.13. The van der Waals surface area contributed by atoms with Crippen molar-refractivity contribution in [2.24, 2.45) is 0 Å². The van der Waals surface area contributed by atoms with Crippen molar-refractivity contribution in [3.05, 3.63) is 54.8 Å². The molecular weight excluding hydrogens is 421 g/mol. The molecule has 1 amide bonds. The van der Waals surface area contributed by atoms with Crippen LogP contribution in [0.25, 0.3) is 10.2 Å². The average Bonchev–Trinajstić information content (AvgIpc) is 3.08. The lowest BCUT2D eigenvalue weighted by Crippen LogP contribution is -2.38. The molecule has 0 unspecified atom stereocenters. The Bertz CT molecular complexity index is 1050. The fraction of sp³-hybridized carbons (Fsp3) is 0.188. The van der Waals surface area contributed by atoms with Gasteiger partial charge in [0, 0.05) is 12.5 Å². The van der Waals surface area contributed by atoms with Crippen molar-refractivity contribution in [3.63, 3.8) is 0 Å². The van der Waals surface area contributed by atoms with Gasteiger partial charge in [-0.3, -0.25) is 15.0 Å². The SMILES string of the molecule is CCc1nc2sccc2c(=O)n1NC(=O)COc1cc(Cl)c(Cl)cc1Cl. The molecule has 3 aromatic rings. The van der Waals surface area contributed by atoms with Crippen molar-refractivity contribution in [1.29, 1.82) is 0 Å². The smallest absolute Gasteiger partial charge is 0.281 e. The molecule has 0 atom stereocenters. The zero-order valence-electron chi connectivity index (χ0n) is 13.4. The number of ether oxygens (including phenoxy) is 1. The fourth-order valence-corrected chi connectivity index (χ4v) is 3.59. The van der Waals surface area contributed by atoms with Gasteiger partial charge in [0.15, 0.2) is 6.61 Å². The number of benzene rings is 1. The van der Waals surface area contributed by atoms with Gasteiger partial charge in [-0.2, -0.15) is 0 Å². The number of halogens is 3. The molecule has 2 aromatic heterocycles. The Morgan fingerprint density at radius 1 is 1.27 bits per heavy atom. The largest absolute Gasteiger partial charge is 0.482 e. The molecule has 26 heavy (non-hydrogen) atoms. The molecule has 1 aromatic carbocycles. The summed E-state index contributed by atoms with van der Waals surface area (Å²) < 4.78 is 6.51. The number of thiophene rings is 1. The Hall–Kier alpha value is -1.80. The van der Waals surface area contributed by atoms with Gasteiger partial charge >= 0.3 is 0 Å². The zero-order chi connectivity index (χ0) is 18.8. The normalized spacial score (nSPS) is 10.9. The van der Waals surface area contributed by atoms with E-state index < -0.39 is 5.91 Å². The van der Waals surface area contributed by atoms with Gasteiger partial charge in [0.2, 0.25) is 0 Å². The van der Waals surface area contributed by atoms with Crippen LogP contribution in [0.1, 0.15) is 12.7 Å². The first kappa shape index (κ1) is 19.0. The monoisotopic (exact) mass is 431 g/mol. The topological polar surface area (TPSA) is 73.2 Å². The van der Waals surface area contributed by atoms with Gasteiger partial charge in [-0.1, -0.05) is 41.7 Å². The number of hydrogen-bond acceptors (Lipinski definition) is 5. The number of hydrogen-bond donors (Lipinski definition) is 1. The molecule has 0 aliphatic rings. The second-order valence-electron chi connectivity index (χ2n) is 5.18. The number of nitrogens with zero attached hydrogens (tertiary/aromatic N) is 2. The average molecular weight is 433 g/mol. The summed E-state index contributed by atoms with van der Waals surface area (Å²) in [6, 6.07) is 4.51. The van der Waals surface area contributed by atoms with Gasteiger partial charge in [-0.15, -0.1) is 11.3 Å². The van der Waals surface area contributed by atoms with E-state index in [0.29, 0.717) is 22.5 Å². The quantitative estimate of drug-likeness (QED) is 0.615. The Labute approximate surface area is 167 Å². The lowest BCUT2D eigenvalue weighted by molar-refractivity contribution is -0.119. The van der Waals surface area contributed by atoms with Crippen LogP contribution in [0.4, 0.5) is 0 Å². The van der Waals surface area contributed by atoms with Crippen molar-refractivity contribution >= 4 is 62.3 Å². The summed E-state index contributed by atoms with van der Waals surface area (Å²) in [5, 5.41) is 2.98. The van der Waals surface area contributed by atoms with E-state index in [1.54, 1.807) is 11.4 Å². The van der Waals surface area contributed by atoms with Gasteiger partial charge in [-0.05, 0) is 17.5 Å². The van der Waals surface area contributed by atoms with Crippen LogP contribution in [0.15, 0.2) is 28.4 Å². The molecule has 10 heteroatoms. The van der Waals surface area contributed by atoms with Crippen molar-refractivity contribution in [1.82, 2.24) is 9.66 Å². The van der Waals surface area contributed by atoms with Crippen molar-refractivity contribution in [3.8, 4) is 5.75 Å².